The molecule has 1 N–H and O–H groups in total. The largest absolute Gasteiger partial charge is 0.348 e. The maximum Gasteiger partial charge on any atom is 0.251 e. The summed E-state index contributed by atoms with van der Waals surface area (Å²) in [4.78, 5) is 11.7. The normalized spacial score (nSPS) is 13.4. The number of benzene rings is 1. The van der Waals surface area contributed by atoms with E-state index in [0.717, 1.165) is 5.56 Å². The Hall–Kier alpha value is -1.47. The minimum atomic E-state index is -0.0882. The zero-order valence-corrected chi connectivity index (χ0v) is 7.56. The first-order valence-corrected chi connectivity index (χ1v) is 4.21. The Morgan fingerprint density at radius 2 is 2.31 bits per heavy atom. The van der Waals surface area contributed by atoms with E-state index in [-0.39, 0.29) is 5.91 Å². The van der Waals surface area contributed by atoms with Gasteiger partial charge < -0.3 is 5.32 Å². The van der Waals surface area contributed by atoms with E-state index < -0.39 is 0 Å². The molecule has 0 unspecified atom stereocenters. The second kappa shape index (κ2) is 2.79. The molecule has 0 aromatic heterocycles. The molecule has 2 rings (SSSR count). The summed E-state index contributed by atoms with van der Waals surface area (Å²) < 4.78 is 0. The Bertz CT molecular complexity index is 434. The van der Waals surface area contributed by atoms with Crippen LogP contribution >= 0.6 is 12.6 Å². The number of carbonyl (C=O) groups excluding carboxylic acids is 1. The number of nitrogens with zero attached hydrogens (tertiary/aromatic N) is 1. The van der Waals surface area contributed by atoms with Crippen molar-refractivity contribution in [3.63, 3.8) is 0 Å². The van der Waals surface area contributed by atoms with E-state index in [9.17, 15) is 4.79 Å². The van der Waals surface area contributed by atoms with Crippen LogP contribution in [-0.4, -0.2) is 5.91 Å². The van der Waals surface area contributed by atoms with E-state index in [0.29, 0.717) is 22.6 Å². The van der Waals surface area contributed by atoms with E-state index in [4.69, 9.17) is 5.26 Å². The summed E-state index contributed by atoms with van der Waals surface area (Å²) in [6.45, 7) is 0.511. The van der Waals surface area contributed by atoms with Crippen molar-refractivity contribution in [2.75, 3.05) is 0 Å². The molecule has 64 valence electrons. The van der Waals surface area contributed by atoms with Crippen molar-refractivity contribution in [2.24, 2.45) is 0 Å². The molecule has 0 saturated heterocycles. The van der Waals surface area contributed by atoms with E-state index >= 15 is 0 Å². The van der Waals surface area contributed by atoms with Gasteiger partial charge in [0.1, 0.15) is 6.07 Å². The molecule has 0 spiro atoms. The fraction of sp³-hybridized carbons (Fsp3) is 0.111. The zero-order chi connectivity index (χ0) is 9.42. The molecule has 1 aliphatic heterocycles. The molecule has 0 atom stereocenters. The minimum Gasteiger partial charge on any atom is -0.348 e. The van der Waals surface area contributed by atoms with Gasteiger partial charge in [-0.2, -0.15) is 5.26 Å². The highest BCUT2D eigenvalue weighted by molar-refractivity contribution is 7.80. The molecule has 3 nitrogen and oxygen atoms in total. The van der Waals surface area contributed by atoms with Gasteiger partial charge in [-0.25, -0.2) is 0 Å². The Labute approximate surface area is 80.8 Å². The average molecular weight is 190 g/mol. The third kappa shape index (κ3) is 1.18. The van der Waals surface area contributed by atoms with Crippen LogP contribution in [-0.2, 0) is 6.54 Å². The number of fused-ring (bicyclic) bond motifs is 1. The Balaban J connectivity index is 2.65. The maximum atomic E-state index is 11.2. The second-order valence-corrected chi connectivity index (χ2v) is 3.30. The molecular weight excluding hydrogens is 184 g/mol. The number of nitriles is 1. The van der Waals surface area contributed by atoms with Crippen LogP contribution in [0.2, 0.25) is 0 Å². The van der Waals surface area contributed by atoms with E-state index in [1.807, 2.05) is 6.07 Å². The summed E-state index contributed by atoms with van der Waals surface area (Å²) in [6, 6.07) is 5.37. The van der Waals surface area contributed by atoms with Gasteiger partial charge in [-0.1, -0.05) is 0 Å². The molecule has 13 heavy (non-hydrogen) atoms. The standard InChI is InChI=1S/C9H6N2OS/c10-3-5-1-6-4-11-9(12)7(6)2-8(5)13/h1-2,13H,4H2,(H,11,12). The number of nitrogens with one attached hydrogen (secondary N) is 1. The van der Waals surface area contributed by atoms with Crippen LogP contribution in [0.4, 0.5) is 0 Å². The molecular formula is C9H6N2OS. The van der Waals surface area contributed by atoms with Crippen LogP contribution < -0.4 is 5.32 Å². The molecule has 4 heteroatoms. The topological polar surface area (TPSA) is 52.9 Å². The van der Waals surface area contributed by atoms with E-state index in [2.05, 4.69) is 17.9 Å². The van der Waals surface area contributed by atoms with Crippen LogP contribution in [0.5, 0.6) is 0 Å². The van der Waals surface area contributed by atoms with Gasteiger partial charge in [-0.05, 0) is 17.7 Å². The van der Waals surface area contributed by atoms with Crippen molar-refractivity contribution in [1.82, 2.24) is 5.32 Å². The Morgan fingerprint density at radius 3 is 3.00 bits per heavy atom. The monoisotopic (exact) mass is 190 g/mol. The van der Waals surface area contributed by atoms with Crippen LogP contribution in [0, 0.1) is 11.3 Å². The van der Waals surface area contributed by atoms with E-state index in [1.54, 1.807) is 12.1 Å². The lowest BCUT2D eigenvalue weighted by Crippen LogP contribution is -2.12. The predicted molar refractivity (Wildman–Crippen MR) is 49.6 cm³/mol. The van der Waals surface area contributed by atoms with Crippen LogP contribution in [0.3, 0.4) is 0 Å². The summed E-state index contributed by atoms with van der Waals surface area (Å²) in [6.07, 6.45) is 0. The van der Waals surface area contributed by atoms with Crippen molar-refractivity contribution >= 4 is 18.5 Å². The lowest BCUT2D eigenvalue weighted by Gasteiger charge is -1.99. The van der Waals surface area contributed by atoms with Gasteiger partial charge in [0, 0.05) is 17.0 Å². The molecule has 1 aromatic carbocycles. The SMILES string of the molecule is N#Cc1cc2c(cc1S)C(=O)NC2. The minimum absolute atomic E-state index is 0.0882. The summed E-state index contributed by atoms with van der Waals surface area (Å²) in [7, 11) is 0. The van der Waals surface area contributed by atoms with Crippen molar-refractivity contribution in [3.05, 3.63) is 28.8 Å². The average Bonchev–Trinajstić information content (AvgIpc) is 2.47. The fourth-order valence-corrected chi connectivity index (χ4v) is 1.59. The van der Waals surface area contributed by atoms with Crippen LogP contribution in [0.25, 0.3) is 0 Å². The molecule has 0 saturated carbocycles. The molecule has 1 heterocycles. The summed E-state index contributed by atoms with van der Waals surface area (Å²) in [5.41, 5.74) is 2.02. The molecule has 1 aromatic rings. The smallest absolute Gasteiger partial charge is 0.251 e. The third-order valence-electron chi connectivity index (χ3n) is 2.03. The second-order valence-electron chi connectivity index (χ2n) is 2.82. The van der Waals surface area contributed by atoms with Gasteiger partial charge >= 0.3 is 0 Å². The zero-order valence-electron chi connectivity index (χ0n) is 6.66. The summed E-state index contributed by atoms with van der Waals surface area (Å²) in [5.74, 6) is -0.0882. The molecule has 0 radical (unpaired) electrons. The first-order valence-electron chi connectivity index (χ1n) is 3.76. The Morgan fingerprint density at radius 1 is 1.54 bits per heavy atom. The molecule has 1 aliphatic rings. The molecule has 1 amide bonds. The van der Waals surface area contributed by atoms with Gasteiger partial charge in [0.25, 0.3) is 5.91 Å². The van der Waals surface area contributed by atoms with Gasteiger partial charge in [0.05, 0.1) is 5.56 Å². The maximum absolute atomic E-state index is 11.2. The van der Waals surface area contributed by atoms with Crippen molar-refractivity contribution in [2.45, 2.75) is 11.4 Å². The first-order chi connectivity index (χ1) is 6.22. The van der Waals surface area contributed by atoms with Crippen molar-refractivity contribution in [1.29, 1.82) is 5.26 Å². The van der Waals surface area contributed by atoms with Gasteiger partial charge in [-0.3, -0.25) is 4.79 Å². The van der Waals surface area contributed by atoms with Gasteiger partial charge in [0.2, 0.25) is 0 Å². The van der Waals surface area contributed by atoms with Crippen LogP contribution in [0.15, 0.2) is 17.0 Å². The van der Waals surface area contributed by atoms with Gasteiger partial charge in [0.15, 0.2) is 0 Å². The predicted octanol–water partition coefficient (Wildman–Crippen LogP) is 1.09. The summed E-state index contributed by atoms with van der Waals surface area (Å²) in [5, 5.41) is 11.4. The lowest BCUT2D eigenvalue weighted by atomic mass is 10.1. The summed E-state index contributed by atoms with van der Waals surface area (Å²) >= 11 is 4.11. The molecule has 0 fully saturated rings. The van der Waals surface area contributed by atoms with E-state index in [1.165, 1.54) is 0 Å². The fourth-order valence-electron chi connectivity index (χ4n) is 1.35. The third-order valence-corrected chi connectivity index (χ3v) is 2.40. The number of rotatable bonds is 0. The first kappa shape index (κ1) is 8.14. The quantitative estimate of drug-likeness (QED) is 0.602. The number of amides is 1. The lowest BCUT2D eigenvalue weighted by molar-refractivity contribution is 0.0965. The highest BCUT2D eigenvalue weighted by Gasteiger charge is 2.19. The molecule has 0 aliphatic carbocycles. The number of carbonyl (C=O) groups is 1. The number of thiol groups is 1. The number of hydrogen-bond donors (Lipinski definition) is 2. The highest BCUT2D eigenvalue weighted by atomic mass is 32.1. The van der Waals surface area contributed by atoms with Crippen molar-refractivity contribution < 1.29 is 4.79 Å². The Kier molecular flexibility index (Phi) is 1.74. The van der Waals surface area contributed by atoms with Gasteiger partial charge in [-0.15, -0.1) is 12.6 Å². The van der Waals surface area contributed by atoms with Crippen molar-refractivity contribution in [3.8, 4) is 6.07 Å². The van der Waals surface area contributed by atoms with Crippen LogP contribution in [0.1, 0.15) is 21.5 Å². The number of hydrogen-bond acceptors (Lipinski definition) is 3. The molecule has 0 bridgehead atoms. The highest BCUT2D eigenvalue weighted by Crippen LogP contribution is 2.22.